The lowest BCUT2D eigenvalue weighted by atomic mass is 10.1. The maximum Gasteiger partial charge on any atom is 0.0639 e. The highest BCUT2D eigenvalue weighted by atomic mass is 16.5. The predicted octanol–water partition coefficient (Wildman–Crippen LogP) is 4.07. The van der Waals surface area contributed by atoms with E-state index >= 15 is 0 Å². The molecule has 0 atom stereocenters. The fourth-order valence-electron chi connectivity index (χ4n) is 1.99. The van der Waals surface area contributed by atoms with Gasteiger partial charge in [0.2, 0.25) is 0 Å². The summed E-state index contributed by atoms with van der Waals surface area (Å²) in [6.07, 6.45) is 2.34. The molecule has 0 aliphatic carbocycles. The van der Waals surface area contributed by atoms with E-state index < -0.39 is 0 Å². The summed E-state index contributed by atoms with van der Waals surface area (Å²) in [5.41, 5.74) is 1.19. The number of benzene rings is 2. The molecule has 0 spiro atoms. The van der Waals surface area contributed by atoms with Crippen molar-refractivity contribution in [1.82, 2.24) is 0 Å². The molecule has 0 saturated heterocycles. The van der Waals surface area contributed by atoms with Crippen LogP contribution in [0, 0.1) is 0 Å². The topological polar surface area (TPSA) is 21.3 Å². The zero-order valence-corrected chi connectivity index (χ0v) is 11.0. The van der Waals surface area contributed by atoms with Crippen molar-refractivity contribution >= 4 is 16.5 Å². The van der Waals surface area contributed by atoms with Crippen LogP contribution in [-0.2, 0) is 4.74 Å². The van der Waals surface area contributed by atoms with Crippen LogP contribution >= 0.6 is 0 Å². The van der Waals surface area contributed by atoms with Gasteiger partial charge < -0.3 is 10.1 Å². The van der Waals surface area contributed by atoms with Gasteiger partial charge in [0, 0.05) is 24.2 Å². The smallest absolute Gasteiger partial charge is 0.0639 e. The predicted molar refractivity (Wildman–Crippen MR) is 78.2 cm³/mol. The Kier molecular flexibility index (Phi) is 5.03. The lowest BCUT2D eigenvalue weighted by molar-refractivity contribution is 0.141. The van der Waals surface area contributed by atoms with Gasteiger partial charge >= 0.3 is 0 Å². The summed E-state index contributed by atoms with van der Waals surface area (Å²) in [7, 11) is 0. The average Bonchev–Trinajstić information content (AvgIpc) is 2.43. The Morgan fingerprint density at radius 3 is 2.72 bits per heavy atom. The molecule has 1 N–H and O–H groups in total. The Balaban J connectivity index is 1.88. The molecule has 0 aromatic heterocycles. The number of hydrogen-bond donors (Lipinski definition) is 1. The van der Waals surface area contributed by atoms with E-state index in [-0.39, 0.29) is 0 Å². The summed E-state index contributed by atoms with van der Waals surface area (Å²) in [5.74, 6) is 0. The lowest BCUT2D eigenvalue weighted by Crippen LogP contribution is -2.10. The van der Waals surface area contributed by atoms with E-state index in [1.165, 1.54) is 22.9 Å². The summed E-state index contributed by atoms with van der Waals surface area (Å²) < 4.78 is 5.55. The molecule has 0 amide bonds. The van der Waals surface area contributed by atoms with Crippen LogP contribution in [0.1, 0.15) is 19.8 Å². The number of fused-ring (bicyclic) bond motifs is 1. The maximum absolute atomic E-state index is 5.55. The van der Waals surface area contributed by atoms with Gasteiger partial charge in [-0.2, -0.15) is 0 Å². The van der Waals surface area contributed by atoms with E-state index in [0.29, 0.717) is 0 Å². The first kappa shape index (κ1) is 12.9. The molecule has 0 saturated carbocycles. The van der Waals surface area contributed by atoms with Crippen molar-refractivity contribution in [1.29, 1.82) is 0 Å². The molecule has 2 aromatic rings. The van der Waals surface area contributed by atoms with E-state index in [9.17, 15) is 0 Å². The molecule has 0 fully saturated rings. The zero-order valence-electron chi connectivity index (χ0n) is 11.0. The van der Waals surface area contributed by atoms with Crippen LogP contribution in [0.4, 0.5) is 5.69 Å². The number of hydrogen-bond acceptors (Lipinski definition) is 2. The van der Waals surface area contributed by atoms with Crippen molar-refractivity contribution in [2.24, 2.45) is 0 Å². The third-order valence-electron chi connectivity index (χ3n) is 2.99. The summed E-state index contributed by atoms with van der Waals surface area (Å²) in [6.45, 7) is 4.67. The number of ether oxygens (including phenoxy) is 1. The second-order valence-electron chi connectivity index (χ2n) is 4.42. The van der Waals surface area contributed by atoms with Gasteiger partial charge in [-0.1, -0.05) is 49.7 Å². The molecule has 2 rings (SSSR count). The molecular formula is C16H21NO. The molecule has 0 bridgehead atoms. The number of nitrogens with one attached hydrogen (secondary N) is 1. The van der Waals surface area contributed by atoms with Crippen molar-refractivity contribution in [2.45, 2.75) is 19.8 Å². The van der Waals surface area contributed by atoms with Crippen molar-refractivity contribution in [2.75, 3.05) is 25.1 Å². The Morgan fingerprint density at radius 2 is 1.83 bits per heavy atom. The second-order valence-corrected chi connectivity index (χ2v) is 4.42. The first-order valence-corrected chi connectivity index (χ1v) is 6.71. The highest BCUT2D eigenvalue weighted by Crippen LogP contribution is 2.22. The minimum absolute atomic E-state index is 0.767. The average molecular weight is 243 g/mol. The summed E-state index contributed by atoms with van der Waals surface area (Å²) in [6, 6.07) is 14.8. The fraction of sp³-hybridized carbons (Fsp3) is 0.375. The van der Waals surface area contributed by atoms with Gasteiger partial charge in [-0.25, -0.2) is 0 Å². The van der Waals surface area contributed by atoms with E-state index in [1.807, 2.05) is 0 Å². The fourth-order valence-corrected chi connectivity index (χ4v) is 1.99. The number of unbranched alkanes of at least 4 members (excludes halogenated alkanes) is 1. The molecule has 0 heterocycles. The maximum atomic E-state index is 5.55. The highest BCUT2D eigenvalue weighted by Gasteiger charge is 1.98. The lowest BCUT2D eigenvalue weighted by Gasteiger charge is -2.10. The normalized spacial score (nSPS) is 10.7. The Bertz CT molecular complexity index is 476. The van der Waals surface area contributed by atoms with E-state index in [0.717, 1.165) is 26.2 Å². The molecule has 2 heteroatoms. The largest absolute Gasteiger partial charge is 0.382 e. The van der Waals surface area contributed by atoms with Crippen LogP contribution < -0.4 is 5.32 Å². The zero-order chi connectivity index (χ0) is 12.6. The first-order valence-electron chi connectivity index (χ1n) is 6.71. The minimum atomic E-state index is 0.767. The van der Waals surface area contributed by atoms with E-state index in [1.54, 1.807) is 0 Å². The summed E-state index contributed by atoms with van der Waals surface area (Å²) in [4.78, 5) is 0. The van der Waals surface area contributed by atoms with Gasteiger partial charge in [-0.05, 0) is 17.9 Å². The van der Waals surface area contributed by atoms with Gasteiger partial charge in [0.05, 0.1) is 6.61 Å². The molecule has 0 aliphatic rings. The van der Waals surface area contributed by atoms with Gasteiger partial charge in [0.1, 0.15) is 0 Å². The second kappa shape index (κ2) is 7.02. The van der Waals surface area contributed by atoms with Crippen molar-refractivity contribution < 1.29 is 4.74 Å². The monoisotopic (exact) mass is 243 g/mol. The van der Waals surface area contributed by atoms with Crippen LogP contribution in [0.2, 0.25) is 0 Å². The van der Waals surface area contributed by atoms with Gasteiger partial charge in [0.15, 0.2) is 0 Å². The van der Waals surface area contributed by atoms with Gasteiger partial charge in [0.25, 0.3) is 0 Å². The first-order chi connectivity index (χ1) is 8.92. The van der Waals surface area contributed by atoms with Crippen LogP contribution in [0.25, 0.3) is 10.8 Å². The Hall–Kier alpha value is -1.54. The Labute approximate surface area is 109 Å². The Morgan fingerprint density at radius 1 is 1.00 bits per heavy atom. The molecule has 2 nitrogen and oxygen atoms in total. The standard InChI is InChI=1S/C16H21NO/c1-2-3-12-18-13-11-17-16-10-6-8-14-7-4-5-9-15(14)16/h4-10,17H,2-3,11-13H2,1H3. The van der Waals surface area contributed by atoms with Crippen molar-refractivity contribution in [3.63, 3.8) is 0 Å². The number of rotatable bonds is 7. The quantitative estimate of drug-likeness (QED) is 0.740. The minimum Gasteiger partial charge on any atom is -0.382 e. The molecular weight excluding hydrogens is 222 g/mol. The molecule has 18 heavy (non-hydrogen) atoms. The van der Waals surface area contributed by atoms with Gasteiger partial charge in [-0.15, -0.1) is 0 Å². The van der Waals surface area contributed by atoms with E-state index in [4.69, 9.17) is 4.74 Å². The SMILES string of the molecule is CCCCOCCNc1cccc2ccccc12. The van der Waals surface area contributed by atoms with Crippen LogP contribution in [-0.4, -0.2) is 19.8 Å². The molecule has 96 valence electrons. The van der Waals surface area contributed by atoms with E-state index in [2.05, 4.69) is 54.7 Å². The molecule has 0 aliphatic heterocycles. The molecule has 0 unspecified atom stereocenters. The van der Waals surface area contributed by atoms with Crippen LogP contribution in [0.5, 0.6) is 0 Å². The van der Waals surface area contributed by atoms with Gasteiger partial charge in [-0.3, -0.25) is 0 Å². The summed E-state index contributed by atoms with van der Waals surface area (Å²) in [5, 5.41) is 5.98. The molecule has 0 radical (unpaired) electrons. The van der Waals surface area contributed by atoms with Crippen molar-refractivity contribution in [3.8, 4) is 0 Å². The van der Waals surface area contributed by atoms with Crippen molar-refractivity contribution in [3.05, 3.63) is 42.5 Å². The summed E-state index contributed by atoms with van der Waals surface area (Å²) >= 11 is 0. The van der Waals surface area contributed by atoms with Crippen LogP contribution in [0.15, 0.2) is 42.5 Å². The highest BCUT2D eigenvalue weighted by molar-refractivity contribution is 5.93. The van der Waals surface area contributed by atoms with Crippen LogP contribution in [0.3, 0.4) is 0 Å². The third kappa shape index (κ3) is 3.47. The molecule has 2 aromatic carbocycles. The number of anilines is 1. The third-order valence-corrected chi connectivity index (χ3v) is 2.99.